The number of unbranched alkanes of at least 4 members (excludes halogenated alkanes) is 14. The molecule has 48 heavy (non-hydrogen) atoms. The average molecular weight is 645 g/mol. The van der Waals surface area contributed by atoms with Crippen LogP contribution >= 0.6 is 0 Å². The molecule has 0 fully saturated rings. The molecule has 0 bridgehead atoms. The molecule has 0 atom stereocenters. The van der Waals surface area contributed by atoms with Crippen LogP contribution in [-0.2, 0) is 13.1 Å². The number of ether oxygens (including phenoxy) is 2. The van der Waals surface area contributed by atoms with E-state index in [0.29, 0.717) is 0 Å². The first-order chi connectivity index (χ1) is 23.8. The average Bonchev–Trinajstić information content (AvgIpc) is 3.12. The van der Waals surface area contributed by atoms with Crippen LogP contribution in [0.3, 0.4) is 0 Å². The van der Waals surface area contributed by atoms with Gasteiger partial charge in [-0.2, -0.15) is 0 Å². The molecule has 0 saturated carbocycles. The van der Waals surface area contributed by atoms with Crippen LogP contribution in [0.4, 0.5) is 0 Å². The fraction of sp³-hybridized carbons (Fsp3) is 0.455. The molecule has 4 aromatic rings. The Kier molecular flexibility index (Phi) is 12.4. The summed E-state index contributed by atoms with van der Waals surface area (Å²) in [5, 5.41) is 0. The molecule has 4 nitrogen and oxygen atoms in total. The minimum Gasteiger partial charge on any atom is -0.450 e. The zero-order valence-corrected chi connectivity index (χ0v) is 29.5. The van der Waals surface area contributed by atoms with Gasteiger partial charge in [0.2, 0.25) is 12.4 Å². The van der Waals surface area contributed by atoms with Crippen LogP contribution < -0.4 is 18.6 Å². The lowest BCUT2D eigenvalue weighted by molar-refractivity contribution is -0.697. The van der Waals surface area contributed by atoms with Crippen molar-refractivity contribution in [3.05, 3.63) is 108 Å². The first-order valence-electron chi connectivity index (χ1n) is 19.1. The Morgan fingerprint density at radius 1 is 0.396 bits per heavy atom. The number of fused-ring (bicyclic) bond motifs is 4. The maximum atomic E-state index is 6.61. The fourth-order valence-corrected chi connectivity index (χ4v) is 7.30. The highest BCUT2D eigenvalue weighted by molar-refractivity contribution is 6.09. The first-order valence-corrected chi connectivity index (χ1v) is 19.1. The Bertz CT molecular complexity index is 1670. The lowest BCUT2D eigenvalue weighted by Crippen LogP contribution is -2.33. The minimum absolute atomic E-state index is 0.898. The maximum absolute atomic E-state index is 6.61. The Balaban J connectivity index is 1.14. The highest BCUT2D eigenvalue weighted by Crippen LogP contribution is 2.52. The van der Waals surface area contributed by atoms with E-state index in [1.54, 1.807) is 0 Å². The first kappa shape index (κ1) is 34.0. The normalized spacial score (nSPS) is 14.4. The van der Waals surface area contributed by atoms with E-state index in [2.05, 4.69) is 108 Å². The number of hydrogen-bond acceptors (Lipinski definition) is 2. The van der Waals surface area contributed by atoms with Gasteiger partial charge in [-0.1, -0.05) is 134 Å². The predicted molar refractivity (Wildman–Crippen MR) is 197 cm³/mol. The summed E-state index contributed by atoms with van der Waals surface area (Å²) in [6.45, 7) is 6.53. The van der Waals surface area contributed by atoms with E-state index in [9.17, 15) is 0 Å². The van der Waals surface area contributed by atoms with E-state index in [4.69, 9.17) is 9.47 Å². The number of hydrogen-bond donors (Lipinski definition) is 0. The van der Waals surface area contributed by atoms with Gasteiger partial charge in [0.1, 0.15) is 24.6 Å². The summed E-state index contributed by atoms with van der Waals surface area (Å²) in [7, 11) is 0. The molecule has 0 unspecified atom stereocenters. The van der Waals surface area contributed by atoms with E-state index in [1.165, 1.54) is 101 Å². The summed E-state index contributed by atoms with van der Waals surface area (Å²) in [4.78, 5) is 0. The minimum atomic E-state index is 0.898. The molecule has 4 heterocycles. The molecule has 2 aliphatic heterocycles. The molecule has 0 spiro atoms. The number of rotatable bonds is 18. The molecule has 2 aromatic heterocycles. The standard InChI is InChI=1S/C44H56N2O2/c1-3-5-7-8-9-10-11-12-13-14-15-16-17-22-30-46-32-28-38-42(34-46)48-40-26-21-19-24-36(40)44(38)43-35-23-18-20-25-39(35)47-41-33-45(29-6-4-2)31-27-37(41)43/h18-21,23-28,31-34H,3-17,22,29-30H2,1-2H3/q+2/b44-43-. The van der Waals surface area contributed by atoms with Gasteiger partial charge in [0.05, 0.1) is 0 Å². The third-order valence-electron chi connectivity index (χ3n) is 10.0. The molecule has 0 amide bonds. The van der Waals surface area contributed by atoms with E-state index in [-0.39, 0.29) is 0 Å². The molecule has 0 saturated heterocycles. The van der Waals surface area contributed by atoms with Gasteiger partial charge in [0.15, 0.2) is 23.9 Å². The van der Waals surface area contributed by atoms with Crippen LogP contribution in [0.2, 0.25) is 0 Å². The fourth-order valence-electron chi connectivity index (χ4n) is 7.30. The van der Waals surface area contributed by atoms with Gasteiger partial charge in [-0.05, 0) is 18.6 Å². The summed E-state index contributed by atoms with van der Waals surface area (Å²) in [5.74, 6) is 3.63. The van der Waals surface area contributed by atoms with Crippen molar-refractivity contribution < 1.29 is 18.6 Å². The number of benzene rings is 2. The molecule has 252 valence electrons. The van der Waals surface area contributed by atoms with Gasteiger partial charge in [-0.25, -0.2) is 9.13 Å². The largest absolute Gasteiger partial charge is 0.450 e. The van der Waals surface area contributed by atoms with E-state index < -0.39 is 0 Å². The van der Waals surface area contributed by atoms with Gasteiger partial charge < -0.3 is 9.47 Å². The molecular formula is C44H56N2O2+2. The predicted octanol–water partition coefficient (Wildman–Crippen LogP) is 11.8. The summed E-state index contributed by atoms with van der Waals surface area (Å²) in [6.07, 6.45) is 30.5. The highest BCUT2D eigenvalue weighted by atomic mass is 16.5. The number of pyridine rings is 2. The zero-order valence-electron chi connectivity index (χ0n) is 29.5. The third-order valence-corrected chi connectivity index (χ3v) is 10.0. The highest BCUT2D eigenvalue weighted by Gasteiger charge is 2.33. The number of aromatic nitrogens is 2. The van der Waals surface area contributed by atoms with E-state index >= 15 is 0 Å². The van der Waals surface area contributed by atoms with Crippen molar-refractivity contribution in [3.63, 3.8) is 0 Å². The van der Waals surface area contributed by atoms with Gasteiger partial charge in [0.25, 0.3) is 0 Å². The van der Waals surface area contributed by atoms with Crippen LogP contribution in [0.15, 0.2) is 85.5 Å². The molecule has 2 aromatic carbocycles. The van der Waals surface area contributed by atoms with Crippen molar-refractivity contribution >= 4 is 11.1 Å². The van der Waals surface area contributed by atoms with Crippen molar-refractivity contribution in [2.75, 3.05) is 0 Å². The van der Waals surface area contributed by atoms with E-state index in [0.717, 1.165) is 71.2 Å². The Morgan fingerprint density at radius 2 is 0.771 bits per heavy atom. The monoisotopic (exact) mass is 644 g/mol. The van der Waals surface area contributed by atoms with Crippen LogP contribution in [0.5, 0.6) is 23.0 Å². The summed E-state index contributed by atoms with van der Waals surface area (Å²) >= 11 is 0. The number of nitrogens with zero attached hydrogens (tertiary/aromatic N) is 2. The van der Waals surface area contributed by atoms with Crippen molar-refractivity contribution in [3.8, 4) is 23.0 Å². The van der Waals surface area contributed by atoms with Crippen molar-refractivity contribution in [2.45, 2.75) is 130 Å². The molecule has 4 heteroatoms. The second-order valence-corrected chi connectivity index (χ2v) is 13.8. The van der Waals surface area contributed by atoms with Gasteiger partial charge >= 0.3 is 0 Å². The van der Waals surface area contributed by atoms with Crippen molar-refractivity contribution in [1.82, 2.24) is 0 Å². The Morgan fingerprint density at radius 3 is 1.23 bits per heavy atom. The molecule has 6 rings (SSSR count). The van der Waals surface area contributed by atoms with Crippen LogP contribution in [0.25, 0.3) is 11.1 Å². The third kappa shape index (κ3) is 8.38. The van der Waals surface area contributed by atoms with Crippen LogP contribution in [-0.4, -0.2) is 0 Å². The molecule has 0 radical (unpaired) electrons. The quantitative estimate of drug-likeness (QED) is 0.0687. The zero-order chi connectivity index (χ0) is 33.0. The summed E-state index contributed by atoms with van der Waals surface area (Å²) in [5.41, 5.74) is 6.91. The number of para-hydroxylation sites is 2. The Labute approximate surface area is 289 Å². The Hall–Kier alpha value is -3.92. The van der Waals surface area contributed by atoms with Crippen molar-refractivity contribution in [1.29, 1.82) is 0 Å². The van der Waals surface area contributed by atoms with E-state index in [1.807, 2.05) is 0 Å². The van der Waals surface area contributed by atoms with Crippen LogP contribution in [0, 0.1) is 0 Å². The second-order valence-electron chi connectivity index (χ2n) is 13.8. The lowest BCUT2D eigenvalue weighted by atomic mass is 9.83. The molecule has 2 aliphatic rings. The molecule has 0 aliphatic carbocycles. The van der Waals surface area contributed by atoms with Crippen LogP contribution in [0.1, 0.15) is 139 Å². The molecular weight excluding hydrogens is 588 g/mol. The maximum Gasteiger partial charge on any atom is 0.212 e. The number of aryl methyl sites for hydroxylation is 2. The van der Waals surface area contributed by atoms with Gasteiger partial charge in [0, 0.05) is 58.4 Å². The second kappa shape index (κ2) is 17.5. The summed E-state index contributed by atoms with van der Waals surface area (Å²) < 4.78 is 17.7. The summed E-state index contributed by atoms with van der Waals surface area (Å²) in [6, 6.07) is 21.4. The smallest absolute Gasteiger partial charge is 0.212 e. The molecule has 0 N–H and O–H groups in total. The SMILES string of the molecule is CCCCCCCCCCCCCCCC[n+]1ccc2c(c1)Oc1ccccc1/C2=C1\c2ccccc2Oc2c[n+](CCCC)ccc21. The topological polar surface area (TPSA) is 26.2 Å². The lowest BCUT2D eigenvalue weighted by Gasteiger charge is -2.28. The van der Waals surface area contributed by atoms with Gasteiger partial charge in [-0.15, -0.1) is 0 Å². The van der Waals surface area contributed by atoms with Crippen molar-refractivity contribution in [2.24, 2.45) is 0 Å². The van der Waals surface area contributed by atoms with Gasteiger partial charge in [-0.3, -0.25) is 0 Å².